The number of carbonyl (C=O) groups is 2. The molecule has 2 rings (SSSR count). The lowest BCUT2D eigenvalue weighted by molar-refractivity contribution is -0.128. The summed E-state index contributed by atoms with van der Waals surface area (Å²) in [4.78, 5) is 26.0. The molecule has 7 nitrogen and oxygen atoms in total. The zero-order valence-electron chi connectivity index (χ0n) is 18.1. The lowest BCUT2D eigenvalue weighted by Crippen LogP contribution is -2.40. The molecule has 0 unspecified atom stereocenters. The van der Waals surface area contributed by atoms with Crippen molar-refractivity contribution < 1.29 is 14.3 Å². The van der Waals surface area contributed by atoms with E-state index in [1.54, 1.807) is 25.7 Å². The number of amides is 2. The zero-order valence-corrected chi connectivity index (χ0v) is 18.1. The number of alkyl carbamates (subject to hydrolysis) is 1. The highest BCUT2D eigenvalue weighted by molar-refractivity contribution is 5.97. The van der Waals surface area contributed by atoms with Crippen molar-refractivity contribution in [2.75, 3.05) is 26.2 Å². The van der Waals surface area contributed by atoms with Gasteiger partial charge in [0.05, 0.1) is 0 Å². The summed E-state index contributed by atoms with van der Waals surface area (Å²) in [5.41, 5.74) is 0.852. The van der Waals surface area contributed by atoms with E-state index in [1.807, 2.05) is 24.3 Å². The van der Waals surface area contributed by atoms with Gasteiger partial charge in [0, 0.05) is 32.4 Å². The van der Waals surface area contributed by atoms with Gasteiger partial charge in [0.25, 0.3) is 5.91 Å². The normalized spacial score (nSPS) is 15.3. The lowest BCUT2D eigenvalue weighted by atomic mass is 9.90. The lowest BCUT2D eigenvalue weighted by Gasteiger charge is -2.32. The molecule has 2 N–H and O–H groups in total. The first-order valence-corrected chi connectivity index (χ1v) is 10.4. The number of nitriles is 1. The molecule has 0 bridgehead atoms. The van der Waals surface area contributed by atoms with Gasteiger partial charge in [-0.2, -0.15) is 5.26 Å². The highest BCUT2D eigenvalue weighted by atomic mass is 16.6. The van der Waals surface area contributed by atoms with E-state index in [1.165, 1.54) is 11.8 Å². The minimum Gasteiger partial charge on any atom is -0.444 e. The summed E-state index contributed by atoms with van der Waals surface area (Å²) in [6.07, 6.45) is 3.83. The molecule has 1 aliphatic rings. The van der Waals surface area contributed by atoms with Crippen LogP contribution in [0.2, 0.25) is 0 Å². The van der Waals surface area contributed by atoms with Crippen LogP contribution in [0.15, 0.2) is 42.1 Å². The molecule has 1 saturated heterocycles. The van der Waals surface area contributed by atoms with Crippen molar-refractivity contribution >= 4 is 12.0 Å². The molecule has 1 fully saturated rings. The van der Waals surface area contributed by atoms with Crippen LogP contribution in [-0.4, -0.2) is 48.7 Å². The van der Waals surface area contributed by atoms with E-state index < -0.39 is 11.7 Å². The van der Waals surface area contributed by atoms with Gasteiger partial charge in [0.2, 0.25) is 0 Å². The molecule has 1 aromatic carbocycles. The van der Waals surface area contributed by atoms with Crippen LogP contribution in [-0.2, 0) is 16.0 Å². The fraction of sp³-hybridized carbons (Fsp3) is 0.522. The molecule has 0 spiro atoms. The Kier molecular flexibility index (Phi) is 8.72. The van der Waals surface area contributed by atoms with Gasteiger partial charge < -0.3 is 20.3 Å². The molecule has 1 heterocycles. The van der Waals surface area contributed by atoms with Gasteiger partial charge >= 0.3 is 6.09 Å². The Morgan fingerprint density at radius 2 is 1.87 bits per heavy atom. The molecule has 2 amide bonds. The number of nitrogens with one attached hydrogen (secondary N) is 2. The van der Waals surface area contributed by atoms with Gasteiger partial charge in [-0.1, -0.05) is 30.3 Å². The van der Waals surface area contributed by atoms with Crippen LogP contribution >= 0.6 is 0 Å². The average molecular weight is 413 g/mol. The summed E-state index contributed by atoms with van der Waals surface area (Å²) < 4.78 is 5.14. The second-order valence-corrected chi connectivity index (χ2v) is 8.48. The van der Waals surface area contributed by atoms with Crippen molar-refractivity contribution in [3.8, 4) is 6.07 Å². The van der Waals surface area contributed by atoms with Gasteiger partial charge in [0.15, 0.2) is 0 Å². The van der Waals surface area contributed by atoms with Gasteiger partial charge in [-0.15, -0.1) is 0 Å². The Morgan fingerprint density at radius 3 is 2.47 bits per heavy atom. The molecule has 30 heavy (non-hydrogen) atoms. The Hall–Kier alpha value is -3.01. The van der Waals surface area contributed by atoms with Crippen LogP contribution in [0, 0.1) is 17.2 Å². The molecular formula is C23H32N4O3. The van der Waals surface area contributed by atoms with Gasteiger partial charge in [-0.3, -0.25) is 4.79 Å². The SMILES string of the molecule is CC(C)(C)OC(=O)NCCN/C=C(/C#N)C(=O)N1CCC(Cc2ccccc2)CC1. The van der Waals surface area contributed by atoms with Crippen molar-refractivity contribution in [2.24, 2.45) is 5.92 Å². The van der Waals surface area contributed by atoms with Crippen LogP contribution in [0.25, 0.3) is 0 Å². The monoisotopic (exact) mass is 412 g/mol. The minimum atomic E-state index is -0.549. The van der Waals surface area contributed by atoms with Crippen molar-refractivity contribution in [1.82, 2.24) is 15.5 Å². The van der Waals surface area contributed by atoms with E-state index in [9.17, 15) is 14.9 Å². The predicted octanol–water partition coefficient (Wildman–Crippen LogP) is 2.99. The van der Waals surface area contributed by atoms with Crippen molar-refractivity contribution in [3.63, 3.8) is 0 Å². The van der Waals surface area contributed by atoms with E-state index in [4.69, 9.17) is 4.74 Å². The highest BCUT2D eigenvalue weighted by Gasteiger charge is 2.25. The quantitative estimate of drug-likeness (QED) is 0.408. The molecule has 1 aromatic rings. The number of hydrogen-bond donors (Lipinski definition) is 2. The van der Waals surface area contributed by atoms with Crippen molar-refractivity contribution in [3.05, 3.63) is 47.7 Å². The second kappa shape index (κ2) is 11.2. The van der Waals surface area contributed by atoms with Crippen molar-refractivity contribution in [1.29, 1.82) is 5.26 Å². The fourth-order valence-corrected chi connectivity index (χ4v) is 3.32. The van der Waals surface area contributed by atoms with E-state index in [0.717, 1.165) is 19.3 Å². The molecule has 162 valence electrons. The minimum absolute atomic E-state index is 0.0776. The first kappa shape index (κ1) is 23.3. The van der Waals surface area contributed by atoms with Crippen molar-refractivity contribution in [2.45, 2.75) is 45.6 Å². The second-order valence-electron chi connectivity index (χ2n) is 8.48. The predicted molar refractivity (Wildman–Crippen MR) is 115 cm³/mol. The van der Waals surface area contributed by atoms with Gasteiger partial charge in [0.1, 0.15) is 17.2 Å². The first-order valence-electron chi connectivity index (χ1n) is 10.4. The molecule has 0 aromatic heterocycles. The molecular weight excluding hydrogens is 380 g/mol. The molecule has 0 saturated carbocycles. The van der Waals surface area contributed by atoms with Crippen LogP contribution < -0.4 is 10.6 Å². The summed E-state index contributed by atoms with van der Waals surface area (Å²) in [6, 6.07) is 12.4. The van der Waals surface area contributed by atoms with E-state index in [0.29, 0.717) is 32.1 Å². The van der Waals surface area contributed by atoms with Crippen LogP contribution in [0.1, 0.15) is 39.2 Å². The molecule has 0 radical (unpaired) electrons. The number of benzene rings is 1. The van der Waals surface area contributed by atoms with Gasteiger partial charge in [-0.05, 0) is 51.5 Å². The van der Waals surface area contributed by atoms with Crippen LogP contribution in [0.5, 0.6) is 0 Å². The van der Waals surface area contributed by atoms with Gasteiger partial charge in [-0.25, -0.2) is 4.79 Å². The van der Waals surface area contributed by atoms with E-state index in [-0.39, 0.29) is 11.5 Å². The molecule has 0 aliphatic carbocycles. The number of hydrogen-bond acceptors (Lipinski definition) is 5. The van der Waals surface area contributed by atoms with Crippen LogP contribution in [0.4, 0.5) is 4.79 Å². The summed E-state index contributed by atoms with van der Waals surface area (Å²) in [5, 5.41) is 14.9. The maximum Gasteiger partial charge on any atom is 0.407 e. The summed E-state index contributed by atoms with van der Waals surface area (Å²) in [5.74, 6) is 0.311. The largest absolute Gasteiger partial charge is 0.444 e. The molecule has 1 aliphatic heterocycles. The number of carbonyl (C=O) groups excluding carboxylic acids is 2. The smallest absolute Gasteiger partial charge is 0.407 e. The Labute approximate surface area is 179 Å². The van der Waals surface area contributed by atoms with E-state index >= 15 is 0 Å². The molecule has 7 heteroatoms. The standard InChI is InChI=1S/C23H32N4O3/c1-23(2,3)30-22(29)26-12-11-25-17-20(16-24)21(28)27-13-9-19(10-14-27)15-18-7-5-4-6-8-18/h4-8,17,19,25H,9-15H2,1-3H3,(H,26,29)/b20-17-. The maximum atomic E-state index is 12.6. The number of ether oxygens (including phenoxy) is 1. The summed E-state index contributed by atoms with van der Waals surface area (Å²) in [7, 11) is 0. The van der Waals surface area contributed by atoms with Crippen LogP contribution in [0.3, 0.4) is 0 Å². The fourth-order valence-electron chi connectivity index (χ4n) is 3.32. The van der Waals surface area contributed by atoms with E-state index in [2.05, 4.69) is 22.8 Å². The third-order valence-corrected chi connectivity index (χ3v) is 4.80. The average Bonchev–Trinajstić information content (AvgIpc) is 2.70. The topological polar surface area (TPSA) is 94.5 Å². The summed E-state index contributed by atoms with van der Waals surface area (Å²) in [6.45, 7) is 7.42. The number of nitrogens with zero attached hydrogens (tertiary/aromatic N) is 2. The number of rotatable bonds is 7. The Balaban J connectivity index is 1.72. The summed E-state index contributed by atoms with van der Waals surface area (Å²) >= 11 is 0. The molecule has 0 atom stereocenters. The Morgan fingerprint density at radius 1 is 1.20 bits per heavy atom. The third-order valence-electron chi connectivity index (χ3n) is 4.80. The Bertz CT molecular complexity index is 770. The highest BCUT2D eigenvalue weighted by Crippen LogP contribution is 2.22. The number of piperidine rings is 1. The zero-order chi connectivity index (χ0) is 22.0. The number of likely N-dealkylation sites (tertiary alicyclic amines) is 1. The third kappa shape index (κ3) is 8.16. The first-order chi connectivity index (χ1) is 14.3. The maximum absolute atomic E-state index is 12.6.